The summed E-state index contributed by atoms with van der Waals surface area (Å²) in [5.74, 6) is 0.0620. The fraction of sp³-hybridized carbons (Fsp3) is 0.571. The maximum absolute atomic E-state index is 13.1. The summed E-state index contributed by atoms with van der Waals surface area (Å²) in [5, 5.41) is 0. The van der Waals surface area contributed by atoms with Crippen LogP contribution in [0.1, 0.15) is 39.0 Å². The Hall–Kier alpha value is -0.940. The van der Waals surface area contributed by atoms with Gasteiger partial charge in [-0.3, -0.25) is 0 Å². The molecular formula is C14H20FNO2S. The first-order chi connectivity index (χ1) is 9.01. The van der Waals surface area contributed by atoms with Crippen LogP contribution in [-0.4, -0.2) is 14.5 Å². The van der Waals surface area contributed by atoms with E-state index in [1.807, 2.05) is 0 Å². The largest absolute Gasteiger partial charge is 0.240 e. The fourth-order valence-electron chi connectivity index (χ4n) is 2.69. The van der Waals surface area contributed by atoms with E-state index in [4.69, 9.17) is 0 Å². The minimum absolute atomic E-state index is 0.00567. The Balaban J connectivity index is 2.09. The monoisotopic (exact) mass is 285 g/mol. The summed E-state index contributed by atoms with van der Waals surface area (Å²) in [6.45, 7) is 2.13. The molecule has 5 heteroatoms. The molecule has 3 nitrogen and oxygen atoms in total. The van der Waals surface area contributed by atoms with Crippen molar-refractivity contribution < 1.29 is 12.8 Å². The van der Waals surface area contributed by atoms with Gasteiger partial charge in [-0.25, -0.2) is 17.5 Å². The fourth-order valence-corrected chi connectivity index (χ4v) is 4.00. The molecule has 106 valence electrons. The van der Waals surface area contributed by atoms with E-state index in [2.05, 4.69) is 11.6 Å². The van der Waals surface area contributed by atoms with Crippen molar-refractivity contribution in [2.75, 3.05) is 0 Å². The van der Waals surface area contributed by atoms with Crippen molar-refractivity contribution in [2.45, 2.75) is 50.0 Å². The first kappa shape index (κ1) is 14.5. The molecule has 0 saturated heterocycles. The Morgan fingerprint density at radius 2 is 2.16 bits per heavy atom. The van der Waals surface area contributed by atoms with Gasteiger partial charge in [0, 0.05) is 6.04 Å². The molecule has 1 fully saturated rings. The van der Waals surface area contributed by atoms with Gasteiger partial charge in [-0.05, 0) is 37.0 Å². The van der Waals surface area contributed by atoms with Crippen LogP contribution >= 0.6 is 0 Å². The van der Waals surface area contributed by atoms with E-state index in [0.29, 0.717) is 5.92 Å². The highest BCUT2D eigenvalue weighted by Crippen LogP contribution is 2.27. The Bertz CT molecular complexity index is 530. The van der Waals surface area contributed by atoms with E-state index in [0.717, 1.165) is 31.7 Å². The summed E-state index contributed by atoms with van der Waals surface area (Å²) in [6.07, 6.45) is 5.05. The molecule has 2 atom stereocenters. The molecule has 0 aromatic heterocycles. The van der Waals surface area contributed by atoms with Crippen LogP contribution in [0, 0.1) is 11.7 Å². The highest BCUT2D eigenvalue weighted by Gasteiger charge is 2.25. The second-order valence-electron chi connectivity index (χ2n) is 5.22. The predicted octanol–water partition coefficient (Wildman–Crippen LogP) is 3.07. The molecule has 0 spiro atoms. The van der Waals surface area contributed by atoms with Crippen LogP contribution < -0.4 is 4.72 Å². The van der Waals surface area contributed by atoms with Gasteiger partial charge in [0.25, 0.3) is 0 Å². The molecule has 0 radical (unpaired) electrons. The van der Waals surface area contributed by atoms with Crippen molar-refractivity contribution in [3.8, 4) is 0 Å². The summed E-state index contributed by atoms with van der Waals surface area (Å²) in [6, 6.07) is 5.12. The van der Waals surface area contributed by atoms with Crippen LogP contribution in [-0.2, 0) is 10.0 Å². The molecule has 1 N–H and O–H groups in total. The third-order valence-electron chi connectivity index (χ3n) is 3.79. The summed E-state index contributed by atoms with van der Waals surface area (Å²) in [5.41, 5.74) is 0. The average molecular weight is 285 g/mol. The molecule has 0 amide bonds. The Morgan fingerprint density at radius 1 is 1.37 bits per heavy atom. The second-order valence-corrected chi connectivity index (χ2v) is 6.93. The first-order valence-corrected chi connectivity index (χ1v) is 8.27. The molecule has 0 heterocycles. The van der Waals surface area contributed by atoms with Crippen molar-refractivity contribution >= 4 is 10.0 Å². The number of benzene rings is 1. The van der Waals surface area contributed by atoms with Gasteiger partial charge in [-0.15, -0.1) is 0 Å². The third-order valence-corrected chi connectivity index (χ3v) is 5.31. The topological polar surface area (TPSA) is 46.2 Å². The molecule has 0 aliphatic heterocycles. The number of hydrogen-bond donors (Lipinski definition) is 1. The summed E-state index contributed by atoms with van der Waals surface area (Å²) in [4.78, 5) is 0.00567. The molecule has 1 aliphatic carbocycles. The van der Waals surface area contributed by atoms with Crippen molar-refractivity contribution in [2.24, 2.45) is 5.92 Å². The van der Waals surface area contributed by atoms with Gasteiger partial charge >= 0.3 is 0 Å². The smallest absolute Gasteiger partial charge is 0.208 e. The van der Waals surface area contributed by atoms with E-state index in [1.165, 1.54) is 24.6 Å². The van der Waals surface area contributed by atoms with E-state index < -0.39 is 15.8 Å². The first-order valence-electron chi connectivity index (χ1n) is 6.79. The van der Waals surface area contributed by atoms with Gasteiger partial charge in [0.05, 0.1) is 4.90 Å². The molecule has 2 rings (SSSR count). The summed E-state index contributed by atoms with van der Waals surface area (Å²) >= 11 is 0. The van der Waals surface area contributed by atoms with Crippen LogP contribution in [0.4, 0.5) is 4.39 Å². The molecule has 1 saturated carbocycles. The lowest BCUT2D eigenvalue weighted by Gasteiger charge is -2.28. The number of sulfonamides is 1. The maximum Gasteiger partial charge on any atom is 0.240 e. The van der Waals surface area contributed by atoms with Gasteiger partial charge < -0.3 is 0 Å². The van der Waals surface area contributed by atoms with Crippen molar-refractivity contribution in [1.82, 2.24) is 4.72 Å². The predicted molar refractivity (Wildman–Crippen MR) is 72.8 cm³/mol. The van der Waals surface area contributed by atoms with Gasteiger partial charge in [-0.1, -0.05) is 32.3 Å². The minimum atomic E-state index is -3.60. The zero-order valence-corrected chi connectivity index (χ0v) is 11.9. The zero-order valence-electron chi connectivity index (χ0n) is 11.1. The molecule has 1 aliphatic rings. The van der Waals surface area contributed by atoms with Gasteiger partial charge in [-0.2, -0.15) is 0 Å². The van der Waals surface area contributed by atoms with Crippen molar-refractivity contribution in [1.29, 1.82) is 0 Å². The number of nitrogens with one attached hydrogen (secondary N) is 1. The lowest BCUT2D eigenvalue weighted by atomic mass is 9.85. The third kappa shape index (κ3) is 3.76. The highest BCUT2D eigenvalue weighted by atomic mass is 32.2. The van der Waals surface area contributed by atoms with Crippen LogP contribution in [0.15, 0.2) is 29.2 Å². The zero-order chi connectivity index (χ0) is 13.9. The molecule has 2 unspecified atom stereocenters. The van der Waals surface area contributed by atoms with Crippen LogP contribution in [0.5, 0.6) is 0 Å². The van der Waals surface area contributed by atoms with E-state index in [1.54, 1.807) is 0 Å². The van der Waals surface area contributed by atoms with Crippen molar-refractivity contribution in [3.63, 3.8) is 0 Å². The molecule has 1 aromatic rings. The van der Waals surface area contributed by atoms with Gasteiger partial charge in [0.1, 0.15) is 5.82 Å². The number of hydrogen-bond acceptors (Lipinski definition) is 2. The SMILES string of the molecule is CCC1CCCC(NS(=O)(=O)c2cccc(F)c2)C1. The van der Waals surface area contributed by atoms with Crippen LogP contribution in [0.3, 0.4) is 0 Å². The number of rotatable bonds is 4. The normalized spacial score (nSPS) is 24.3. The van der Waals surface area contributed by atoms with E-state index in [-0.39, 0.29) is 10.9 Å². The Labute approximate surface area is 114 Å². The van der Waals surface area contributed by atoms with Gasteiger partial charge in [0.15, 0.2) is 0 Å². The maximum atomic E-state index is 13.1. The lowest BCUT2D eigenvalue weighted by Crippen LogP contribution is -2.38. The molecule has 1 aromatic carbocycles. The Morgan fingerprint density at radius 3 is 2.84 bits per heavy atom. The average Bonchev–Trinajstić information content (AvgIpc) is 2.38. The standard InChI is InChI=1S/C14H20FNO2S/c1-2-11-5-3-7-13(9-11)16-19(17,18)14-8-4-6-12(15)10-14/h4,6,8,10-11,13,16H,2-3,5,7,9H2,1H3. The van der Waals surface area contributed by atoms with E-state index in [9.17, 15) is 12.8 Å². The second kappa shape index (κ2) is 6.01. The molecule has 0 bridgehead atoms. The van der Waals surface area contributed by atoms with E-state index >= 15 is 0 Å². The Kier molecular flexibility index (Phi) is 4.58. The summed E-state index contributed by atoms with van der Waals surface area (Å²) < 4.78 is 40.1. The van der Waals surface area contributed by atoms with Crippen LogP contribution in [0.25, 0.3) is 0 Å². The lowest BCUT2D eigenvalue weighted by molar-refractivity contribution is 0.301. The number of halogens is 1. The van der Waals surface area contributed by atoms with Crippen molar-refractivity contribution in [3.05, 3.63) is 30.1 Å². The minimum Gasteiger partial charge on any atom is -0.208 e. The quantitative estimate of drug-likeness (QED) is 0.924. The van der Waals surface area contributed by atoms with Gasteiger partial charge in [0.2, 0.25) is 10.0 Å². The van der Waals surface area contributed by atoms with Crippen LogP contribution in [0.2, 0.25) is 0 Å². The summed E-state index contributed by atoms with van der Waals surface area (Å²) in [7, 11) is -3.60. The molecular weight excluding hydrogens is 265 g/mol. The highest BCUT2D eigenvalue weighted by molar-refractivity contribution is 7.89. The molecule has 19 heavy (non-hydrogen) atoms.